The van der Waals surface area contributed by atoms with Gasteiger partial charge in [0, 0.05) is 20.5 Å². The first-order valence-electron chi connectivity index (χ1n) is 4.79. The van der Waals surface area contributed by atoms with Crippen LogP contribution in [0.5, 0.6) is 0 Å². The Morgan fingerprint density at radius 3 is 2.41 bits per heavy atom. The molecule has 0 amide bonds. The van der Waals surface area contributed by atoms with Crippen LogP contribution in [-0.4, -0.2) is 14.8 Å². The normalized spacial score (nSPS) is 10.6. The summed E-state index contributed by atoms with van der Waals surface area (Å²) in [6, 6.07) is 3.98. The number of benzene rings is 1. The zero-order valence-corrected chi connectivity index (χ0v) is 13.7. The fourth-order valence-electron chi connectivity index (χ4n) is 1.36. The summed E-state index contributed by atoms with van der Waals surface area (Å²) in [6.07, 6.45) is 1.54. The summed E-state index contributed by atoms with van der Waals surface area (Å²) in [7, 11) is 1.87. The number of aromatic nitrogens is 3. The second-order valence-corrected chi connectivity index (χ2v) is 6.02. The molecule has 0 saturated heterocycles. The van der Waals surface area contributed by atoms with Crippen molar-refractivity contribution in [1.82, 2.24) is 14.8 Å². The topological polar surface area (TPSA) is 42.7 Å². The monoisotopic (exact) mass is 422 g/mol. The molecule has 1 heterocycles. The highest BCUT2D eigenvalue weighted by Gasteiger charge is 2.08. The summed E-state index contributed by atoms with van der Waals surface area (Å²) in [6.45, 7) is 0.620. The number of aryl methyl sites for hydroxylation is 1. The Morgan fingerprint density at radius 2 is 1.88 bits per heavy atom. The molecule has 0 aliphatic rings. The average Bonchev–Trinajstić information content (AvgIpc) is 2.62. The number of halogens is 3. The molecule has 0 radical (unpaired) electrons. The largest absolute Gasteiger partial charge is 0.376 e. The van der Waals surface area contributed by atoms with Crippen LogP contribution in [0.4, 0.5) is 5.69 Å². The van der Waals surface area contributed by atoms with Crippen molar-refractivity contribution in [3.8, 4) is 0 Å². The summed E-state index contributed by atoms with van der Waals surface area (Å²) in [5, 5.41) is 7.34. The first-order chi connectivity index (χ1) is 8.08. The molecule has 0 aliphatic carbocycles. The van der Waals surface area contributed by atoms with Crippen LogP contribution < -0.4 is 5.32 Å². The van der Waals surface area contributed by atoms with Gasteiger partial charge in [0.05, 0.1) is 12.2 Å². The highest BCUT2D eigenvalue weighted by atomic mass is 79.9. The van der Waals surface area contributed by atoms with Crippen LogP contribution in [0.2, 0.25) is 0 Å². The predicted molar refractivity (Wildman–Crippen MR) is 77.9 cm³/mol. The maximum Gasteiger partial charge on any atom is 0.145 e. The van der Waals surface area contributed by atoms with Crippen LogP contribution in [0.3, 0.4) is 0 Å². The lowest BCUT2D eigenvalue weighted by atomic mass is 10.3. The summed E-state index contributed by atoms with van der Waals surface area (Å²) < 4.78 is 4.73. The van der Waals surface area contributed by atoms with Gasteiger partial charge in [-0.05, 0) is 44.0 Å². The molecule has 0 atom stereocenters. The van der Waals surface area contributed by atoms with Crippen molar-refractivity contribution >= 4 is 53.5 Å². The SMILES string of the molecule is Cn1ncnc1CNc1c(Br)cc(Br)cc1Br. The first-order valence-corrected chi connectivity index (χ1v) is 7.17. The van der Waals surface area contributed by atoms with E-state index in [9.17, 15) is 0 Å². The Kier molecular flexibility index (Phi) is 4.22. The molecule has 1 N–H and O–H groups in total. The van der Waals surface area contributed by atoms with E-state index < -0.39 is 0 Å². The summed E-state index contributed by atoms with van der Waals surface area (Å²) in [5.41, 5.74) is 0.996. The number of nitrogens with one attached hydrogen (secondary N) is 1. The van der Waals surface area contributed by atoms with E-state index >= 15 is 0 Å². The van der Waals surface area contributed by atoms with Gasteiger partial charge in [0.2, 0.25) is 0 Å². The molecule has 4 nitrogen and oxygen atoms in total. The van der Waals surface area contributed by atoms with E-state index in [1.54, 1.807) is 11.0 Å². The van der Waals surface area contributed by atoms with Crippen LogP contribution in [0.25, 0.3) is 0 Å². The molecule has 1 aromatic carbocycles. The third-order valence-corrected chi connectivity index (χ3v) is 3.94. The van der Waals surface area contributed by atoms with Gasteiger partial charge in [-0.25, -0.2) is 4.98 Å². The van der Waals surface area contributed by atoms with Crippen molar-refractivity contribution in [3.05, 3.63) is 37.7 Å². The lowest BCUT2D eigenvalue weighted by molar-refractivity contribution is 0.712. The molecule has 0 spiro atoms. The second kappa shape index (κ2) is 5.49. The molecule has 17 heavy (non-hydrogen) atoms. The average molecular weight is 425 g/mol. The van der Waals surface area contributed by atoms with E-state index in [0.717, 1.165) is 24.9 Å². The summed E-state index contributed by atoms with van der Waals surface area (Å²) in [5.74, 6) is 0.881. The molecule has 0 aliphatic heterocycles. The molecule has 0 bridgehead atoms. The van der Waals surface area contributed by atoms with Crippen molar-refractivity contribution in [3.63, 3.8) is 0 Å². The van der Waals surface area contributed by atoms with Crippen molar-refractivity contribution in [2.75, 3.05) is 5.32 Å². The number of nitrogens with zero attached hydrogens (tertiary/aromatic N) is 3. The van der Waals surface area contributed by atoms with Crippen molar-refractivity contribution in [2.45, 2.75) is 6.54 Å². The number of anilines is 1. The van der Waals surface area contributed by atoms with E-state index in [1.165, 1.54) is 0 Å². The Bertz CT molecular complexity index is 515. The molecular formula is C10H9Br3N4. The molecule has 0 saturated carbocycles. The van der Waals surface area contributed by atoms with Gasteiger partial charge in [-0.3, -0.25) is 4.68 Å². The van der Waals surface area contributed by atoms with Crippen LogP contribution in [0.1, 0.15) is 5.82 Å². The molecule has 2 aromatic rings. The van der Waals surface area contributed by atoms with Gasteiger partial charge in [0.25, 0.3) is 0 Å². The minimum atomic E-state index is 0.620. The van der Waals surface area contributed by atoms with Gasteiger partial charge < -0.3 is 5.32 Å². The zero-order chi connectivity index (χ0) is 12.4. The Morgan fingerprint density at radius 1 is 1.24 bits per heavy atom. The van der Waals surface area contributed by atoms with Crippen LogP contribution >= 0.6 is 47.8 Å². The minimum Gasteiger partial charge on any atom is -0.376 e. The molecule has 2 rings (SSSR count). The van der Waals surface area contributed by atoms with Crippen LogP contribution in [-0.2, 0) is 13.6 Å². The second-order valence-electron chi connectivity index (χ2n) is 3.40. The van der Waals surface area contributed by atoms with E-state index in [0.29, 0.717) is 6.54 Å². The maximum absolute atomic E-state index is 4.16. The van der Waals surface area contributed by atoms with Gasteiger partial charge in [0.1, 0.15) is 12.2 Å². The highest BCUT2D eigenvalue weighted by molar-refractivity contribution is 9.11. The van der Waals surface area contributed by atoms with Crippen LogP contribution in [0, 0.1) is 0 Å². The number of hydrogen-bond donors (Lipinski definition) is 1. The molecule has 0 fully saturated rings. The Labute approximate surface area is 124 Å². The maximum atomic E-state index is 4.16. The van der Waals surface area contributed by atoms with Crippen LogP contribution in [0.15, 0.2) is 31.9 Å². The first kappa shape index (κ1) is 13.0. The number of hydrogen-bond acceptors (Lipinski definition) is 3. The third-order valence-electron chi connectivity index (χ3n) is 2.24. The molecule has 7 heteroatoms. The lowest BCUT2D eigenvalue weighted by Gasteiger charge is -2.10. The fourth-order valence-corrected chi connectivity index (χ4v) is 3.90. The van der Waals surface area contributed by atoms with Gasteiger partial charge in [-0.15, -0.1) is 0 Å². The minimum absolute atomic E-state index is 0.620. The van der Waals surface area contributed by atoms with Gasteiger partial charge in [-0.2, -0.15) is 5.10 Å². The molecular weight excluding hydrogens is 416 g/mol. The molecule has 1 aromatic heterocycles. The smallest absolute Gasteiger partial charge is 0.145 e. The Hall–Kier alpha value is -0.400. The zero-order valence-electron chi connectivity index (χ0n) is 8.91. The van der Waals surface area contributed by atoms with E-state index in [-0.39, 0.29) is 0 Å². The lowest BCUT2D eigenvalue weighted by Crippen LogP contribution is -2.07. The highest BCUT2D eigenvalue weighted by Crippen LogP contribution is 2.34. The molecule has 0 unspecified atom stereocenters. The third kappa shape index (κ3) is 3.08. The van der Waals surface area contributed by atoms with Gasteiger partial charge >= 0.3 is 0 Å². The van der Waals surface area contributed by atoms with Crippen molar-refractivity contribution < 1.29 is 0 Å². The fraction of sp³-hybridized carbons (Fsp3) is 0.200. The summed E-state index contributed by atoms with van der Waals surface area (Å²) >= 11 is 10.5. The summed E-state index contributed by atoms with van der Waals surface area (Å²) in [4.78, 5) is 4.16. The van der Waals surface area contributed by atoms with Gasteiger partial charge in [0.15, 0.2) is 0 Å². The van der Waals surface area contributed by atoms with Gasteiger partial charge in [-0.1, -0.05) is 15.9 Å². The number of rotatable bonds is 3. The standard InChI is InChI=1S/C10H9Br3N4/c1-17-9(15-5-16-17)4-14-10-7(12)2-6(11)3-8(10)13/h2-3,5,14H,4H2,1H3. The van der Waals surface area contributed by atoms with Crippen molar-refractivity contribution in [2.24, 2.45) is 7.05 Å². The molecule has 90 valence electrons. The quantitative estimate of drug-likeness (QED) is 0.816. The van der Waals surface area contributed by atoms with E-state index in [4.69, 9.17) is 0 Å². The Balaban J connectivity index is 2.17. The van der Waals surface area contributed by atoms with E-state index in [1.807, 2.05) is 19.2 Å². The van der Waals surface area contributed by atoms with Crippen molar-refractivity contribution in [1.29, 1.82) is 0 Å². The van der Waals surface area contributed by atoms with E-state index in [2.05, 4.69) is 63.2 Å². The predicted octanol–water partition coefficient (Wildman–Crippen LogP) is 3.71.